The maximum absolute atomic E-state index is 11.0. The van der Waals surface area contributed by atoms with Gasteiger partial charge in [0.2, 0.25) is 0 Å². The molecule has 7 nitrogen and oxygen atoms in total. The van der Waals surface area contributed by atoms with E-state index in [4.69, 9.17) is 0 Å². The second kappa shape index (κ2) is 8.58. The molecule has 1 aliphatic carbocycles. The SMILES string of the molecule is CCN(C[C@H]1CC[C@H](C)CC1)c1ncnc2c1ccn2C[C@]1(O)CCNC[C@H]1O. The van der Waals surface area contributed by atoms with Crippen molar-refractivity contribution in [3.8, 4) is 0 Å². The molecule has 2 aromatic heterocycles. The number of fused-ring (bicyclic) bond motifs is 1. The molecule has 1 saturated carbocycles. The average molecular weight is 402 g/mol. The molecule has 29 heavy (non-hydrogen) atoms. The molecule has 1 aliphatic heterocycles. The second-order valence-electron chi connectivity index (χ2n) is 9.12. The highest BCUT2D eigenvalue weighted by Crippen LogP contribution is 2.32. The van der Waals surface area contributed by atoms with E-state index >= 15 is 0 Å². The first-order valence-corrected chi connectivity index (χ1v) is 11.2. The maximum atomic E-state index is 11.0. The van der Waals surface area contributed by atoms with Gasteiger partial charge < -0.3 is 25.0 Å². The summed E-state index contributed by atoms with van der Waals surface area (Å²) in [4.78, 5) is 11.5. The van der Waals surface area contributed by atoms with Crippen molar-refractivity contribution in [3.05, 3.63) is 18.6 Å². The van der Waals surface area contributed by atoms with Crippen LogP contribution in [0.25, 0.3) is 11.0 Å². The van der Waals surface area contributed by atoms with E-state index in [0.29, 0.717) is 26.1 Å². The number of nitrogens with zero attached hydrogens (tertiary/aromatic N) is 4. The van der Waals surface area contributed by atoms with Crippen LogP contribution >= 0.6 is 0 Å². The Balaban J connectivity index is 1.56. The van der Waals surface area contributed by atoms with Gasteiger partial charge in [0.1, 0.15) is 23.4 Å². The van der Waals surface area contributed by atoms with Gasteiger partial charge in [-0.2, -0.15) is 0 Å². The summed E-state index contributed by atoms with van der Waals surface area (Å²) in [5.74, 6) is 2.56. The van der Waals surface area contributed by atoms with E-state index in [9.17, 15) is 10.2 Å². The van der Waals surface area contributed by atoms with E-state index in [0.717, 1.165) is 41.8 Å². The predicted octanol–water partition coefficient (Wildman–Crippen LogP) is 2.17. The first-order valence-electron chi connectivity index (χ1n) is 11.2. The Kier molecular flexibility index (Phi) is 6.08. The van der Waals surface area contributed by atoms with Gasteiger partial charge >= 0.3 is 0 Å². The van der Waals surface area contributed by atoms with Crippen molar-refractivity contribution in [1.29, 1.82) is 0 Å². The average Bonchev–Trinajstić information content (AvgIpc) is 3.13. The molecule has 2 aromatic rings. The molecule has 7 heteroatoms. The van der Waals surface area contributed by atoms with E-state index in [-0.39, 0.29) is 0 Å². The molecule has 4 rings (SSSR count). The summed E-state index contributed by atoms with van der Waals surface area (Å²) in [6, 6.07) is 2.05. The summed E-state index contributed by atoms with van der Waals surface area (Å²) in [5, 5.41) is 25.4. The van der Waals surface area contributed by atoms with Gasteiger partial charge in [0.05, 0.1) is 18.0 Å². The van der Waals surface area contributed by atoms with Gasteiger partial charge in [-0.3, -0.25) is 0 Å². The zero-order valence-electron chi connectivity index (χ0n) is 17.7. The molecule has 0 aromatic carbocycles. The molecule has 0 amide bonds. The molecule has 160 valence electrons. The van der Waals surface area contributed by atoms with Crippen LogP contribution in [-0.4, -0.2) is 62.6 Å². The summed E-state index contributed by atoms with van der Waals surface area (Å²) in [5.41, 5.74) is -0.309. The van der Waals surface area contributed by atoms with Crippen molar-refractivity contribution in [2.45, 2.75) is 64.2 Å². The van der Waals surface area contributed by atoms with Gasteiger partial charge in [-0.25, -0.2) is 9.97 Å². The third-order valence-corrected chi connectivity index (χ3v) is 6.97. The lowest BCUT2D eigenvalue weighted by molar-refractivity contribution is -0.101. The normalized spacial score (nSPS) is 30.6. The molecule has 2 aliphatic rings. The van der Waals surface area contributed by atoms with Crippen LogP contribution in [-0.2, 0) is 6.54 Å². The lowest BCUT2D eigenvalue weighted by atomic mass is 9.83. The summed E-state index contributed by atoms with van der Waals surface area (Å²) >= 11 is 0. The third kappa shape index (κ3) is 4.27. The topological polar surface area (TPSA) is 86.4 Å². The minimum absolute atomic E-state index is 0.336. The maximum Gasteiger partial charge on any atom is 0.145 e. The van der Waals surface area contributed by atoms with E-state index in [1.165, 1.54) is 25.7 Å². The number of anilines is 1. The van der Waals surface area contributed by atoms with Gasteiger partial charge in [0.25, 0.3) is 0 Å². The third-order valence-electron chi connectivity index (χ3n) is 6.97. The Morgan fingerprint density at radius 1 is 1.28 bits per heavy atom. The lowest BCUT2D eigenvalue weighted by Gasteiger charge is -2.37. The Bertz CT molecular complexity index is 817. The first-order chi connectivity index (χ1) is 14.0. The summed E-state index contributed by atoms with van der Waals surface area (Å²) in [7, 11) is 0. The number of aliphatic hydroxyl groups excluding tert-OH is 1. The van der Waals surface area contributed by atoms with Crippen molar-refractivity contribution in [1.82, 2.24) is 19.9 Å². The molecule has 0 spiro atoms. The van der Waals surface area contributed by atoms with Crippen molar-refractivity contribution in [3.63, 3.8) is 0 Å². The molecule has 3 N–H and O–H groups in total. The Morgan fingerprint density at radius 3 is 2.79 bits per heavy atom. The van der Waals surface area contributed by atoms with Gasteiger partial charge in [-0.15, -0.1) is 0 Å². The fraction of sp³-hybridized carbons (Fsp3) is 0.727. The number of aliphatic hydroxyl groups is 2. The Labute approximate surface area is 173 Å². The van der Waals surface area contributed by atoms with Gasteiger partial charge in [-0.05, 0) is 50.6 Å². The molecule has 0 unspecified atom stereocenters. The van der Waals surface area contributed by atoms with Gasteiger partial charge in [0.15, 0.2) is 0 Å². The van der Waals surface area contributed by atoms with Crippen LogP contribution in [0, 0.1) is 11.8 Å². The molecular weight excluding hydrogens is 366 g/mol. The van der Waals surface area contributed by atoms with E-state index in [2.05, 4.69) is 34.0 Å². The van der Waals surface area contributed by atoms with Crippen LogP contribution in [0.3, 0.4) is 0 Å². The summed E-state index contributed by atoms with van der Waals surface area (Å²) < 4.78 is 1.96. The lowest BCUT2D eigenvalue weighted by Crippen LogP contribution is -2.56. The van der Waals surface area contributed by atoms with Crippen LogP contribution in [0.1, 0.15) is 46.0 Å². The van der Waals surface area contributed by atoms with Crippen molar-refractivity contribution >= 4 is 16.9 Å². The fourth-order valence-corrected chi connectivity index (χ4v) is 4.94. The van der Waals surface area contributed by atoms with Crippen LogP contribution in [0.2, 0.25) is 0 Å². The Hall–Kier alpha value is -1.70. The summed E-state index contributed by atoms with van der Waals surface area (Å²) in [6.45, 7) is 7.95. The molecule has 3 heterocycles. The molecule has 2 atom stereocenters. The number of β-amino-alcohol motifs (C(OH)–C–C–N with tert-alkyl or cyclic N) is 1. The standard InChI is InChI=1S/C22H35N5O2/c1-3-26(13-17-6-4-16(2)5-7-17)20-18-8-11-27(21(18)25-15-24-20)14-22(29)9-10-23-12-19(22)28/h8,11,15-17,19,23,28-29H,3-7,9-10,12-14H2,1-2H3/t16-,17-,19-,22-/m1/s1. The monoisotopic (exact) mass is 401 g/mol. The van der Waals surface area contributed by atoms with Crippen molar-refractivity contribution < 1.29 is 10.2 Å². The minimum atomic E-state index is -1.13. The highest BCUT2D eigenvalue weighted by atomic mass is 16.3. The second-order valence-corrected chi connectivity index (χ2v) is 9.12. The quantitative estimate of drug-likeness (QED) is 0.688. The highest BCUT2D eigenvalue weighted by Gasteiger charge is 2.38. The summed E-state index contributed by atoms with van der Waals surface area (Å²) in [6.07, 6.45) is 8.58. The number of nitrogens with one attached hydrogen (secondary N) is 1. The first kappa shape index (κ1) is 20.6. The number of hydrogen-bond acceptors (Lipinski definition) is 6. The highest BCUT2D eigenvalue weighted by molar-refractivity contribution is 5.87. The van der Waals surface area contributed by atoms with Crippen LogP contribution in [0.5, 0.6) is 0 Å². The van der Waals surface area contributed by atoms with Crippen LogP contribution in [0.4, 0.5) is 5.82 Å². The molecule has 2 fully saturated rings. The molecule has 0 radical (unpaired) electrons. The fourth-order valence-electron chi connectivity index (χ4n) is 4.94. The van der Waals surface area contributed by atoms with Gasteiger partial charge in [0, 0.05) is 25.8 Å². The van der Waals surface area contributed by atoms with E-state index in [1.807, 2.05) is 16.8 Å². The van der Waals surface area contributed by atoms with Crippen molar-refractivity contribution in [2.24, 2.45) is 11.8 Å². The predicted molar refractivity (Wildman–Crippen MR) is 115 cm³/mol. The Morgan fingerprint density at radius 2 is 2.07 bits per heavy atom. The smallest absolute Gasteiger partial charge is 0.145 e. The number of hydrogen-bond donors (Lipinski definition) is 3. The number of rotatable bonds is 6. The van der Waals surface area contributed by atoms with E-state index < -0.39 is 11.7 Å². The zero-order chi connectivity index (χ0) is 20.4. The van der Waals surface area contributed by atoms with Crippen molar-refractivity contribution in [2.75, 3.05) is 31.1 Å². The number of piperidine rings is 1. The largest absolute Gasteiger partial charge is 0.389 e. The van der Waals surface area contributed by atoms with Crippen LogP contribution < -0.4 is 10.2 Å². The zero-order valence-corrected chi connectivity index (χ0v) is 17.7. The van der Waals surface area contributed by atoms with Gasteiger partial charge in [-0.1, -0.05) is 19.8 Å². The minimum Gasteiger partial charge on any atom is -0.389 e. The van der Waals surface area contributed by atoms with Crippen LogP contribution in [0.15, 0.2) is 18.6 Å². The number of aromatic nitrogens is 3. The van der Waals surface area contributed by atoms with E-state index in [1.54, 1.807) is 6.33 Å². The molecule has 0 bridgehead atoms. The molecule has 1 saturated heterocycles. The molecular formula is C22H35N5O2.